The van der Waals surface area contributed by atoms with Crippen LogP contribution in [0.25, 0.3) is 0 Å². The zero-order valence-electron chi connectivity index (χ0n) is 9.30. The Morgan fingerprint density at radius 1 is 1.62 bits per heavy atom. The van der Waals surface area contributed by atoms with E-state index in [4.69, 9.17) is 0 Å². The highest BCUT2D eigenvalue weighted by molar-refractivity contribution is 5.03. The van der Waals surface area contributed by atoms with Crippen LogP contribution in [0.3, 0.4) is 0 Å². The van der Waals surface area contributed by atoms with Crippen LogP contribution >= 0.6 is 0 Å². The molecule has 3 atom stereocenters. The molecule has 0 amide bonds. The molecule has 1 aliphatic carbocycles. The summed E-state index contributed by atoms with van der Waals surface area (Å²) in [7, 11) is 0. The molecule has 0 aromatic heterocycles. The van der Waals surface area contributed by atoms with Crippen LogP contribution < -0.4 is 0 Å². The summed E-state index contributed by atoms with van der Waals surface area (Å²) < 4.78 is 0. The molecule has 1 N–H and O–H groups in total. The standard InChI is InChI=1S/C12H22O/c1-9(2)6-5-7-12(4)8-11(12)10(3)13/h6,10-11,13H,5,7-8H2,1-4H3/t10-,11?,12-/m0/s1. The molecule has 1 saturated carbocycles. The molecule has 0 aromatic carbocycles. The highest BCUT2D eigenvalue weighted by Gasteiger charge is 2.51. The fourth-order valence-electron chi connectivity index (χ4n) is 2.17. The summed E-state index contributed by atoms with van der Waals surface area (Å²) in [6.07, 6.45) is 5.79. The lowest BCUT2D eigenvalue weighted by atomic mass is 9.97. The van der Waals surface area contributed by atoms with Crippen LogP contribution in [0.1, 0.15) is 47.0 Å². The van der Waals surface area contributed by atoms with Gasteiger partial charge in [-0.3, -0.25) is 0 Å². The van der Waals surface area contributed by atoms with Crippen LogP contribution in [0, 0.1) is 11.3 Å². The van der Waals surface area contributed by atoms with Crippen molar-refractivity contribution in [2.75, 3.05) is 0 Å². The maximum Gasteiger partial charge on any atom is 0.0545 e. The largest absolute Gasteiger partial charge is 0.393 e. The Hall–Kier alpha value is -0.300. The summed E-state index contributed by atoms with van der Waals surface area (Å²) in [6.45, 7) is 8.49. The first-order valence-electron chi connectivity index (χ1n) is 5.27. The van der Waals surface area contributed by atoms with Crippen molar-refractivity contribution in [2.24, 2.45) is 11.3 Å². The van der Waals surface area contributed by atoms with E-state index in [1.165, 1.54) is 24.8 Å². The Kier molecular flexibility index (Phi) is 3.18. The highest BCUT2D eigenvalue weighted by Crippen LogP contribution is 2.57. The van der Waals surface area contributed by atoms with Crippen LogP contribution in [-0.2, 0) is 0 Å². The van der Waals surface area contributed by atoms with Gasteiger partial charge in [0, 0.05) is 0 Å². The number of hydrogen-bond acceptors (Lipinski definition) is 1. The minimum absolute atomic E-state index is 0.114. The third kappa shape index (κ3) is 2.84. The van der Waals surface area contributed by atoms with Crippen molar-refractivity contribution in [3.8, 4) is 0 Å². The maximum absolute atomic E-state index is 9.42. The van der Waals surface area contributed by atoms with Crippen LogP contribution in [0.5, 0.6) is 0 Å². The minimum atomic E-state index is -0.114. The van der Waals surface area contributed by atoms with Gasteiger partial charge in [-0.2, -0.15) is 0 Å². The van der Waals surface area contributed by atoms with E-state index in [9.17, 15) is 5.11 Å². The first-order valence-corrected chi connectivity index (χ1v) is 5.27. The van der Waals surface area contributed by atoms with Gasteiger partial charge in [-0.15, -0.1) is 0 Å². The monoisotopic (exact) mass is 182 g/mol. The van der Waals surface area contributed by atoms with Crippen molar-refractivity contribution < 1.29 is 5.11 Å². The van der Waals surface area contributed by atoms with E-state index in [1.54, 1.807) is 0 Å². The molecular formula is C12H22O. The molecule has 1 heteroatoms. The summed E-state index contributed by atoms with van der Waals surface area (Å²) in [5.41, 5.74) is 1.83. The van der Waals surface area contributed by atoms with Crippen molar-refractivity contribution in [3.63, 3.8) is 0 Å². The zero-order valence-corrected chi connectivity index (χ0v) is 9.30. The van der Waals surface area contributed by atoms with Crippen molar-refractivity contribution in [3.05, 3.63) is 11.6 Å². The topological polar surface area (TPSA) is 20.2 Å². The zero-order chi connectivity index (χ0) is 10.1. The first-order chi connectivity index (χ1) is 5.96. The predicted molar refractivity (Wildman–Crippen MR) is 56.6 cm³/mol. The summed E-state index contributed by atoms with van der Waals surface area (Å²) in [5, 5.41) is 9.42. The Labute approximate surface area is 81.9 Å². The maximum atomic E-state index is 9.42. The van der Waals surface area contributed by atoms with Crippen molar-refractivity contribution in [1.29, 1.82) is 0 Å². The molecule has 0 bridgehead atoms. The molecule has 0 aromatic rings. The lowest BCUT2D eigenvalue weighted by molar-refractivity contribution is 0.151. The van der Waals surface area contributed by atoms with Gasteiger partial charge in [-0.1, -0.05) is 18.6 Å². The van der Waals surface area contributed by atoms with E-state index in [0.29, 0.717) is 11.3 Å². The summed E-state index contributed by atoms with van der Waals surface area (Å²) in [4.78, 5) is 0. The molecule has 1 aliphatic rings. The van der Waals surface area contributed by atoms with Gasteiger partial charge in [-0.25, -0.2) is 0 Å². The third-order valence-corrected chi connectivity index (χ3v) is 3.27. The van der Waals surface area contributed by atoms with E-state index in [2.05, 4.69) is 26.8 Å². The lowest BCUT2D eigenvalue weighted by Gasteiger charge is -2.11. The van der Waals surface area contributed by atoms with Crippen molar-refractivity contribution >= 4 is 0 Å². The van der Waals surface area contributed by atoms with Gasteiger partial charge < -0.3 is 5.11 Å². The molecule has 1 rings (SSSR count). The Balaban J connectivity index is 2.28. The van der Waals surface area contributed by atoms with Gasteiger partial charge in [0.15, 0.2) is 0 Å². The average molecular weight is 182 g/mol. The van der Waals surface area contributed by atoms with Crippen molar-refractivity contribution in [2.45, 2.75) is 53.1 Å². The van der Waals surface area contributed by atoms with Gasteiger partial charge in [0.2, 0.25) is 0 Å². The Bertz CT molecular complexity index is 201. The number of aliphatic hydroxyl groups is 1. The molecule has 0 heterocycles. The Morgan fingerprint density at radius 2 is 2.23 bits per heavy atom. The normalized spacial score (nSPS) is 34.1. The second-order valence-electron chi connectivity index (χ2n) is 5.03. The van der Waals surface area contributed by atoms with Gasteiger partial charge in [0.25, 0.3) is 0 Å². The molecule has 0 radical (unpaired) electrons. The predicted octanol–water partition coefficient (Wildman–Crippen LogP) is 3.14. The van der Waals surface area contributed by atoms with Crippen LogP contribution in [-0.4, -0.2) is 11.2 Å². The SMILES string of the molecule is CC(C)=CCC[C@@]1(C)CC1[C@H](C)O. The minimum Gasteiger partial charge on any atom is -0.393 e. The number of aliphatic hydroxyl groups excluding tert-OH is 1. The number of rotatable bonds is 4. The van der Waals surface area contributed by atoms with E-state index in [0.717, 1.165) is 0 Å². The van der Waals surface area contributed by atoms with E-state index < -0.39 is 0 Å². The van der Waals surface area contributed by atoms with Gasteiger partial charge in [0.1, 0.15) is 0 Å². The van der Waals surface area contributed by atoms with Crippen molar-refractivity contribution in [1.82, 2.24) is 0 Å². The highest BCUT2D eigenvalue weighted by atomic mass is 16.3. The molecule has 1 unspecified atom stereocenters. The molecule has 76 valence electrons. The molecule has 0 saturated heterocycles. The van der Waals surface area contributed by atoms with Gasteiger partial charge >= 0.3 is 0 Å². The molecule has 1 nitrogen and oxygen atoms in total. The molecular weight excluding hydrogens is 160 g/mol. The molecule has 0 spiro atoms. The molecule has 13 heavy (non-hydrogen) atoms. The molecule has 0 aliphatic heterocycles. The van der Waals surface area contributed by atoms with Gasteiger partial charge in [0.05, 0.1) is 6.10 Å². The summed E-state index contributed by atoms with van der Waals surface area (Å²) >= 11 is 0. The van der Waals surface area contributed by atoms with Gasteiger partial charge in [-0.05, 0) is 51.4 Å². The van der Waals surface area contributed by atoms with Crippen LogP contribution in [0.2, 0.25) is 0 Å². The lowest BCUT2D eigenvalue weighted by Crippen LogP contribution is -2.09. The second kappa shape index (κ2) is 3.83. The van der Waals surface area contributed by atoms with E-state index in [1.807, 2.05) is 6.92 Å². The fraction of sp³-hybridized carbons (Fsp3) is 0.833. The third-order valence-electron chi connectivity index (χ3n) is 3.27. The molecule has 1 fully saturated rings. The number of hydrogen-bond donors (Lipinski definition) is 1. The quantitative estimate of drug-likeness (QED) is 0.662. The second-order valence-corrected chi connectivity index (χ2v) is 5.03. The summed E-state index contributed by atoms with van der Waals surface area (Å²) in [5.74, 6) is 0.554. The summed E-state index contributed by atoms with van der Waals surface area (Å²) in [6, 6.07) is 0. The smallest absolute Gasteiger partial charge is 0.0545 e. The van der Waals surface area contributed by atoms with Crippen LogP contribution in [0.15, 0.2) is 11.6 Å². The van der Waals surface area contributed by atoms with E-state index >= 15 is 0 Å². The van der Waals surface area contributed by atoms with E-state index in [-0.39, 0.29) is 6.10 Å². The average Bonchev–Trinajstić information content (AvgIpc) is 2.62. The first kappa shape index (κ1) is 10.8. The fourth-order valence-corrected chi connectivity index (χ4v) is 2.17. The van der Waals surface area contributed by atoms with Crippen LogP contribution in [0.4, 0.5) is 0 Å². The number of allylic oxidation sites excluding steroid dienone is 2. The Morgan fingerprint density at radius 3 is 2.62 bits per heavy atom.